The Morgan fingerprint density at radius 2 is 1.65 bits per heavy atom. The zero-order valence-corrected chi connectivity index (χ0v) is 10.2. The molecule has 0 fully saturated rings. The van der Waals surface area contributed by atoms with Crippen molar-refractivity contribution in [2.45, 2.75) is 13.0 Å². The van der Waals surface area contributed by atoms with Crippen molar-refractivity contribution in [3.05, 3.63) is 48.2 Å². The Morgan fingerprint density at radius 3 is 2.25 bits per heavy atom. The lowest BCUT2D eigenvalue weighted by Crippen LogP contribution is -2.16. The molecule has 4 nitrogen and oxygen atoms in total. The van der Waals surface area contributed by atoms with E-state index >= 15 is 0 Å². The maximum atomic E-state index is 12.0. The van der Waals surface area contributed by atoms with E-state index in [1.807, 2.05) is 0 Å². The SMILES string of the molecule is Nc1cccc(COc2ccc(OC(F)(F)F)cc2)n1. The maximum Gasteiger partial charge on any atom is 0.573 e. The Labute approximate surface area is 113 Å². The molecule has 0 radical (unpaired) electrons. The molecule has 0 bridgehead atoms. The number of rotatable bonds is 4. The first kappa shape index (κ1) is 14.0. The summed E-state index contributed by atoms with van der Waals surface area (Å²) < 4.78 is 45.1. The average Bonchev–Trinajstić information content (AvgIpc) is 2.36. The predicted octanol–water partition coefficient (Wildman–Crippen LogP) is 3.14. The molecule has 0 spiro atoms. The van der Waals surface area contributed by atoms with E-state index < -0.39 is 6.36 Å². The zero-order valence-electron chi connectivity index (χ0n) is 10.2. The van der Waals surface area contributed by atoms with Crippen LogP contribution in [0.4, 0.5) is 19.0 Å². The summed E-state index contributed by atoms with van der Waals surface area (Å²) in [5.74, 6) is 0.482. The first-order valence-corrected chi connectivity index (χ1v) is 5.62. The van der Waals surface area contributed by atoms with Gasteiger partial charge in [-0.15, -0.1) is 13.2 Å². The second-order valence-corrected chi connectivity index (χ2v) is 3.86. The van der Waals surface area contributed by atoms with Gasteiger partial charge in [0.25, 0.3) is 0 Å². The third-order valence-corrected chi connectivity index (χ3v) is 2.27. The van der Waals surface area contributed by atoms with Crippen molar-refractivity contribution in [3.8, 4) is 11.5 Å². The topological polar surface area (TPSA) is 57.4 Å². The number of alkyl halides is 3. The molecule has 0 amide bonds. The number of hydrogen-bond acceptors (Lipinski definition) is 4. The molecule has 2 aromatic rings. The Bertz CT molecular complexity index is 571. The molecule has 0 saturated heterocycles. The fourth-order valence-corrected chi connectivity index (χ4v) is 1.47. The molecule has 0 saturated carbocycles. The van der Waals surface area contributed by atoms with E-state index in [4.69, 9.17) is 10.5 Å². The minimum Gasteiger partial charge on any atom is -0.487 e. The Hall–Kier alpha value is -2.44. The van der Waals surface area contributed by atoms with Crippen LogP contribution in [0.2, 0.25) is 0 Å². The summed E-state index contributed by atoms with van der Waals surface area (Å²) in [5, 5.41) is 0. The molecule has 1 heterocycles. The van der Waals surface area contributed by atoms with Gasteiger partial charge in [0.05, 0.1) is 5.69 Å². The van der Waals surface area contributed by atoms with E-state index in [-0.39, 0.29) is 12.4 Å². The van der Waals surface area contributed by atoms with E-state index in [2.05, 4.69) is 9.72 Å². The molecule has 0 aliphatic carbocycles. The summed E-state index contributed by atoms with van der Waals surface area (Å²) in [4.78, 5) is 4.03. The molecule has 106 valence electrons. The molecular formula is C13H11F3N2O2. The third kappa shape index (κ3) is 4.34. The number of ether oxygens (including phenoxy) is 2. The van der Waals surface area contributed by atoms with Gasteiger partial charge in [0.15, 0.2) is 0 Å². The number of nitrogens with zero attached hydrogens (tertiary/aromatic N) is 1. The molecule has 0 aliphatic heterocycles. The van der Waals surface area contributed by atoms with E-state index in [0.717, 1.165) is 0 Å². The van der Waals surface area contributed by atoms with Crippen molar-refractivity contribution in [2.24, 2.45) is 0 Å². The summed E-state index contributed by atoms with van der Waals surface area (Å²) in [7, 11) is 0. The van der Waals surface area contributed by atoms with E-state index in [9.17, 15) is 13.2 Å². The highest BCUT2D eigenvalue weighted by Gasteiger charge is 2.30. The molecule has 1 aromatic heterocycles. The Kier molecular flexibility index (Phi) is 3.97. The number of nitrogen functional groups attached to an aromatic ring is 1. The van der Waals surface area contributed by atoms with Crippen LogP contribution < -0.4 is 15.2 Å². The second kappa shape index (κ2) is 5.68. The molecule has 0 aliphatic rings. The fraction of sp³-hybridized carbons (Fsp3) is 0.154. The van der Waals surface area contributed by atoms with Gasteiger partial charge in [0.1, 0.15) is 23.9 Å². The van der Waals surface area contributed by atoms with Gasteiger partial charge in [-0.05, 0) is 36.4 Å². The molecule has 7 heteroatoms. The first-order chi connectivity index (χ1) is 9.42. The molecule has 2 rings (SSSR count). The van der Waals surface area contributed by atoms with Crippen LogP contribution in [0, 0.1) is 0 Å². The minimum atomic E-state index is -4.70. The van der Waals surface area contributed by atoms with Gasteiger partial charge in [-0.2, -0.15) is 0 Å². The molecular weight excluding hydrogens is 273 g/mol. The zero-order chi connectivity index (χ0) is 14.6. The van der Waals surface area contributed by atoms with Crippen LogP contribution in [0.3, 0.4) is 0 Å². The van der Waals surface area contributed by atoms with Crippen molar-refractivity contribution in [2.75, 3.05) is 5.73 Å². The third-order valence-electron chi connectivity index (χ3n) is 2.27. The molecule has 0 atom stereocenters. The average molecular weight is 284 g/mol. The van der Waals surface area contributed by atoms with Crippen LogP contribution in [-0.4, -0.2) is 11.3 Å². The summed E-state index contributed by atoms with van der Waals surface area (Å²) in [6.45, 7) is 0.171. The summed E-state index contributed by atoms with van der Waals surface area (Å²) in [5.41, 5.74) is 6.14. The predicted molar refractivity (Wildman–Crippen MR) is 66.1 cm³/mol. The standard InChI is InChI=1S/C13H11F3N2O2/c14-13(15,16)20-11-6-4-10(5-7-11)19-8-9-2-1-3-12(17)18-9/h1-7H,8H2,(H2,17,18). The molecule has 0 unspecified atom stereocenters. The summed E-state index contributed by atoms with van der Waals surface area (Å²) >= 11 is 0. The second-order valence-electron chi connectivity index (χ2n) is 3.86. The van der Waals surface area contributed by atoms with E-state index in [0.29, 0.717) is 17.3 Å². The number of halogens is 3. The van der Waals surface area contributed by atoms with Crippen molar-refractivity contribution < 1.29 is 22.6 Å². The summed E-state index contributed by atoms with van der Waals surface area (Å²) in [6.07, 6.45) is -4.70. The van der Waals surface area contributed by atoms with Crippen molar-refractivity contribution in [3.63, 3.8) is 0 Å². The molecule has 1 aromatic carbocycles. The van der Waals surface area contributed by atoms with Gasteiger partial charge in [0.2, 0.25) is 0 Å². The highest BCUT2D eigenvalue weighted by molar-refractivity contribution is 5.32. The van der Waals surface area contributed by atoms with Crippen molar-refractivity contribution >= 4 is 5.82 Å². The van der Waals surface area contributed by atoms with Crippen LogP contribution in [-0.2, 0) is 6.61 Å². The minimum absolute atomic E-state index is 0.171. The lowest BCUT2D eigenvalue weighted by Gasteiger charge is -2.10. The molecule has 20 heavy (non-hydrogen) atoms. The number of hydrogen-bond donors (Lipinski definition) is 1. The molecule has 2 N–H and O–H groups in total. The number of nitrogens with two attached hydrogens (primary N) is 1. The van der Waals surface area contributed by atoms with Crippen LogP contribution >= 0.6 is 0 Å². The van der Waals surface area contributed by atoms with E-state index in [1.54, 1.807) is 18.2 Å². The normalized spacial score (nSPS) is 11.2. The van der Waals surface area contributed by atoms with Gasteiger partial charge in [-0.25, -0.2) is 4.98 Å². The number of pyridine rings is 1. The van der Waals surface area contributed by atoms with Crippen molar-refractivity contribution in [1.29, 1.82) is 0 Å². The lowest BCUT2D eigenvalue weighted by molar-refractivity contribution is -0.274. The maximum absolute atomic E-state index is 12.0. The van der Waals surface area contributed by atoms with E-state index in [1.165, 1.54) is 24.3 Å². The Balaban J connectivity index is 1.94. The highest BCUT2D eigenvalue weighted by atomic mass is 19.4. The number of benzene rings is 1. The van der Waals surface area contributed by atoms with Crippen molar-refractivity contribution in [1.82, 2.24) is 4.98 Å². The number of aromatic nitrogens is 1. The van der Waals surface area contributed by atoms with Crippen LogP contribution in [0.1, 0.15) is 5.69 Å². The van der Waals surface area contributed by atoms with Crippen LogP contribution in [0.15, 0.2) is 42.5 Å². The fourth-order valence-electron chi connectivity index (χ4n) is 1.47. The van der Waals surface area contributed by atoms with Gasteiger partial charge in [0, 0.05) is 0 Å². The lowest BCUT2D eigenvalue weighted by atomic mass is 10.3. The Morgan fingerprint density at radius 1 is 1.00 bits per heavy atom. The van der Waals surface area contributed by atoms with Gasteiger partial charge >= 0.3 is 6.36 Å². The summed E-state index contributed by atoms with van der Waals surface area (Å²) in [6, 6.07) is 10.2. The number of anilines is 1. The van der Waals surface area contributed by atoms with Gasteiger partial charge in [-0.3, -0.25) is 0 Å². The first-order valence-electron chi connectivity index (χ1n) is 5.62. The van der Waals surface area contributed by atoms with Crippen LogP contribution in [0.5, 0.6) is 11.5 Å². The largest absolute Gasteiger partial charge is 0.573 e. The van der Waals surface area contributed by atoms with Crippen LogP contribution in [0.25, 0.3) is 0 Å². The van der Waals surface area contributed by atoms with Gasteiger partial charge < -0.3 is 15.2 Å². The quantitative estimate of drug-likeness (QED) is 0.937. The monoisotopic (exact) mass is 284 g/mol. The highest BCUT2D eigenvalue weighted by Crippen LogP contribution is 2.24. The smallest absolute Gasteiger partial charge is 0.487 e. The van der Waals surface area contributed by atoms with Gasteiger partial charge in [-0.1, -0.05) is 6.07 Å².